The van der Waals surface area contributed by atoms with E-state index in [0.717, 1.165) is 6.07 Å². The average Bonchev–Trinajstić information content (AvgIpc) is 4.02. The summed E-state index contributed by atoms with van der Waals surface area (Å²) in [5.74, 6) is -7.78. The average molecular weight is 1010 g/mol. The van der Waals surface area contributed by atoms with Crippen molar-refractivity contribution in [1.82, 2.24) is 10.3 Å². The van der Waals surface area contributed by atoms with Gasteiger partial charge in [-0.2, -0.15) is 26.3 Å². The Morgan fingerprint density at radius 3 is 1.51 bits per heavy atom. The molecule has 6 aromatic rings. The SMILES string of the molecule is Cc1noc(=O)c2ccc(NC(=O)C(O)(CC3(c4cc(F)cc(F)c4F)CCC3)C(F)(F)F)cc12.Cc1noc(=O)c2ccc(NC(=O)C(O)(CC3(c4ccccc4Br)CC3)C(F)(F)F)cc12. The van der Waals surface area contributed by atoms with Gasteiger partial charge in [0.05, 0.1) is 22.2 Å². The number of amides is 2. The molecule has 4 N–H and O–H groups in total. The molecule has 8 rings (SSSR count). The molecular formula is C45H36BrF9N4O8. The maximum absolute atomic E-state index is 14.5. The van der Waals surface area contributed by atoms with Crippen molar-refractivity contribution < 1.29 is 68.4 Å². The number of hydrogen-bond acceptors (Lipinski definition) is 10. The highest BCUT2D eigenvalue weighted by Crippen LogP contribution is 2.57. The standard InChI is InChI=1S/C23H18F6N2O4.C22H18BrF3N2O4/c1-11-15-9-13(3-4-14(15)19(32)35-31-11)30-20(33)22(34,23(27,28)29)10-21(5-2-6-21)16-7-12(24)8-17(25)18(16)26;1-12-15-10-13(6-7-14(15)18(29)32-28-12)27-19(30)21(31,22(24,25)26)11-20(8-9-20)16-4-2-3-5-17(16)23/h3-4,7-9,34H,2,5-6,10H2,1H3,(H,30,33);2-7,10,31H,8-9,11H2,1H3,(H,27,30). The topological polar surface area (TPSA) is 185 Å². The zero-order valence-electron chi connectivity index (χ0n) is 34.9. The van der Waals surface area contributed by atoms with Crippen LogP contribution >= 0.6 is 15.9 Å². The van der Waals surface area contributed by atoms with Crippen LogP contribution in [-0.4, -0.2) is 55.9 Å². The molecule has 0 radical (unpaired) electrons. The molecule has 2 fully saturated rings. The Kier molecular flexibility index (Phi) is 12.7. The number of rotatable bonds is 10. The number of aromatic nitrogens is 2. The fraction of sp³-hybridized carbons (Fsp3) is 0.333. The molecular weight excluding hydrogens is 975 g/mol. The van der Waals surface area contributed by atoms with Crippen molar-refractivity contribution in [2.24, 2.45) is 0 Å². The van der Waals surface area contributed by atoms with E-state index in [4.69, 9.17) is 0 Å². The smallest absolute Gasteiger partial charge is 0.373 e. The van der Waals surface area contributed by atoms with Crippen LogP contribution in [0.25, 0.3) is 21.5 Å². The number of aliphatic hydroxyl groups is 2. The summed E-state index contributed by atoms with van der Waals surface area (Å²) in [6.07, 6.45) is -12.0. The highest BCUT2D eigenvalue weighted by Gasteiger charge is 2.66. The maximum atomic E-state index is 14.5. The summed E-state index contributed by atoms with van der Waals surface area (Å²) >= 11 is 3.35. The number of benzene rings is 4. The van der Waals surface area contributed by atoms with E-state index >= 15 is 0 Å². The maximum Gasteiger partial charge on any atom is 0.426 e. The first-order chi connectivity index (χ1) is 31.2. The largest absolute Gasteiger partial charge is 0.426 e. The molecule has 2 heterocycles. The molecule has 0 saturated heterocycles. The van der Waals surface area contributed by atoms with E-state index in [1.165, 1.54) is 37.3 Å². The number of carbonyl (C=O) groups is 2. The fourth-order valence-corrected chi connectivity index (χ4v) is 9.06. The fourth-order valence-electron chi connectivity index (χ4n) is 8.35. The summed E-state index contributed by atoms with van der Waals surface area (Å²) in [6.45, 7) is 3.02. The number of anilines is 2. The molecule has 2 aromatic heterocycles. The third kappa shape index (κ3) is 9.17. The number of fused-ring (bicyclic) bond motifs is 2. The quantitative estimate of drug-likeness (QED) is 0.0762. The van der Waals surface area contributed by atoms with E-state index in [2.05, 4.69) is 40.6 Å². The highest BCUT2D eigenvalue weighted by molar-refractivity contribution is 9.10. The summed E-state index contributed by atoms with van der Waals surface area (Å²) in [5, 5.41) is 33.3. The first-order valence-corrected chi connectivity index (χ1v) is 21.0. The van der Waals surface area contributed by atoms with Gasteiger partial charge in [0, 0.05) is 61.9 Å². The Hall–Kier alpha value is -6.13. The molecule has 2 aliphatic carbocycles. The number of nitrogens with one attached hydrogen (secondary N) is 2. The predicted octanol–water partition coefficient (Wildman–Crippen LogP) is 9.27. The van der Waals surface area contributed by atoms with Crippen LogP contribution in [0.15, 0.2) is 95.9 Å². The van der Waals surface area contributed by atoms with Gasteiger partial charge in [0.25, 0.3) is 11.8 Å². The number of alkyl halides is 6. The van der Waals surface area contributed by atoms with Crippen LogP contribution in [0.5, 0.6) is 0 Å². The molecule has 2 saturated carbocycles. The lowest BCUT2D eigenvalue weighted by Gasteiger charge is -2.47. The monoisotopic (exact) mass is 1010 g/mol. The van der Waals surface area contributed by atoms with Gasteiger partial charge in [-0.05, 0) is 93.6 Å². The zero-order valence-corrected chi connectivity index (χ0v) is 36.5. The van der Waals surface area contributed by atoms with E-state index in [-0.39, 0.29) is 52.1 Å². The molecule has 354 valence electrons. The molecule has 12 nitrogen and oxygen atoms in total. The van der Waals surface area contributed by atoms with Crippen LogP contribution in [0.4, 0.5) is 50.9 Å². The molecule has 2 aliphatic rings. The van der Waals surface area contributed by atoms with Gasteiger partial charge in [-0.1, -0.05) is 50.9 Å². The van der Waals surface area contributed by atoms with Crippen molar-refractivity contribution in [1.29, 1.82) is 0 Å². The number of nitrogens with zero attached hydrogens (tertiary/aromatic N) is 2. The molecule has 2 amide bonds. The minimum absolute atomic E-state index is 0.00795. The second-order valence-electron chi connectivity index (χ2n) is 16.8. The van der Waals surface area contributed by atoms with Crippen molar-refractivity contribution in [3.8, 4) is 0 Å². The second-order valence-corrected chi connectivity index (χ2v) is 17.6. The third-order valence-electron chi connectivity index (χ3n) is 12.4. The lowest BCUT2D eigenvalue weighted by molar-refractivity contribution is -0.257. The van der Waals surface area contributed by atoms with Gasteiger partial charge < -0.3 is 29.9 Å². The van der Waals surface area contributed by atoms with Crippen LogP contribution in [0.2, 0.25) is 0 Å². The molecule has 2 atom stereocenters. The number of aryl methyl sites for hydroxylation is 2. The van der Waals surface area contributed by atoms with Crippen LogP contribution in [0.1, 0.15) is 67.5 Å². The lowest BCUT2D eigenvalue weighted by Crippen LogP contribution is -2.59. The Labute approximate surface area is 380 Å². The van der Waals surface area contributed by atoms with E-state index in [1.54, 1.807) is 31.2 Å². The highest BCUT2D eigenvalue weighted by atomic mass is 79.9. The van der Waals surface area contributed by atoms with Gasteiger partial charge in [0.2, 0.25) is 11.2 Å². The normalized spacial score (nSPS) is 17.0. The first-order valence-electron chi connectivity index (χ1n) is 20.2. The summed E-state index contributed by atoms with van der Waals surface area (Å²) in [6, 6.07) is 15.1. The zero-order chi connectivity index (χ0) is 49.1. The minimum atomic E-state index is -5.52. The van der Waals surface area contributed by atoms with Crippen LogP contribution in [0, 0.1) is 31.3 Å². The Morgan fingerprint density at radius 1 is 0.657 bits per heavy atom. The first kappa shape index (κ1) is 48.8. The van der Waals surface area contributed by atoms with Crippen molar-refractivity contribution in [2.75, 3.05) is 10.6 Å². The second kappa shape index (κ2) is 17.5. The van der Waals surface area contributed by atoms with Gasteiger partial charge in [0.15, 0.2) is 11.6 Å². The van der Waals surface area contributed by atoms with Crippen molar-refractivity contribution >= 4 is 60.7 Å². The summed E-state index contributed by atoms with van der Waals surface area (Å²) in [7, 11) is 0. The van der Waals surface area contributed by atoms with Crippen LogP contribution in [-0.2, 0) is 20.4 Å². The van der Waals surface area contributed by atoms with Crippen molar-refractivity contribution in [3.63, 3.8) is 0 Å². The Morgan fingerprint density at radius 2 is 1.10 bits per heavy atom. The minimum Gasteiger partial charge on any atom is -0.373 e. The van der Waals surface area contributed by atoms with Gasteiger partial charge in [0.1, 0.15) is 5.82 Å². The number of hydrogen-bond donors (Lipinski definition) is 4. The Bertz CT molecular complexity index is 3060. The predicted molar refractivity (Wildman–Crippen MR) is 225 cm³/mol. The number of carbonyl (C=O) groups excluding carboxylic acids is 2. The van der Waals surface area contributed by atoms with Gasteiger partial charge in [-0.3, -0.25) is 9.59 Å². The van der Waals surface area contributed by atoms with Gasteiger partial charge >= 0.3 is 23.6 Å². The summed E-state index contributed by atoms with van der Waals surface area (Å²) in [4.78, 5) is 49.2. The molecule has 4 aromatic carbocycles. The van der Waals surface area contributed by atoms with E-state index in [0.29, 0.717) is 46.4 Å². The Balaban J connectivity index is 0.000000200. The van der Waals surface area contributed by atoms with Crippen molar-refractivity contribution in [2.45, 2.75) is 93.2 Å². The molecule has 0 bridgehead atoms. The van der Waals surface area contributed by atoms with E-state index in [1.807, 2.05) is 5.32 Å². The summed E-state index contributed by atoms with van der Waals surface area (Å²) in [5.41, 5.74) is -11.6. The van der Waals surface area contributed by atoms with Gasteiger partial charge in [-0.25, -0.2) is 22.8 Å². The molecule has 0 spiro atoms. The molecule has 22 heteroatoms. The van der Waals surface area contributed by atoms with Crippen LogP contribution in [0.3, 0.4) is 0 Å². The summed E-state index contributed by atoms with van der Waals surface area (Å²) < 4.78 is 136. The molecule has 0 aliphatic heterocycles. The van der Waals surface area contributed by atoms with E-state index in [9.17, 15) is 68.9 Å². The number of halogens is 10. The van der Waals surface area contributed by atoms with Gasteiger partial charge in [-0.15, -0.1) is 0 Å². The molecule has 2 unspecified atom stereocenters. The van der Waals surface area contributed by atoms with E-state index < -0.39 is 93.3 Å². The van der Waals surface area contributed by atoms with Crippen LogP contribution < -0.4 is 21.9 Å². The third-order valence-corrected chi connectivity index (χ3v) is 13.0. The van der Waals surface area contributed by atoms with Crippen molar-refractivity contribution in [3.05, 3.63) is 138 Å². The molecule has 67 heavy (non-hydrogen) atoms. The lowest BCUT2D eigenvalue weighted by atomic mass is 9.59.